The normalized spacial score (nSPS) is 29.2. The molecular formula is C8H12N2O3. The Morgan fingerprint density at radius 3 is 2.69 bits per heavy atom. The lowest BCUT2D eigenvalue weighted by Crippen LogP contribution is -2.41. The number of nitrogens with zero attached hydrogens (tertiary/aromatic N) is 2. The van der Waals surface area contributed by atoms with Gasteiger partial charge in [-0.25, -0.2) is 4.79 Å². The summed E-state index contributed by atoms with van der Waals surface area (Å²) < 4.78 is 5.14. The van der Waals surface area contributed by atoms with Crippen molar-refractivity contribution in [3.63, 3.8) is 0 Å². The first-order chi connectivity index (χ1) is 6.20. The molecule has 0 aromatic rings. The highest BCUT2D eigenvalue weighted by Crippen LogP contribution is 2.18. The summed E-state index contributed by atoms with van der Waals surface area (Å²) in [6, 6.07) is -0.231. The largest absolute Gasteiger partial charge is 0.379 e. The van der Waals surface area contributed by atoms with Crippen LogP contribution in [0, 0.1) is 0 Å². The first-order valence-corrected chi connectivity index (χ1v) is 4.35. The van der Waals surface area contributed by atoms with Crippen LogP contribution in [0.2, 0.25) is 0 Å². The van der Waals surface area contributed by atoms with Crippen LogP contribution in [0.5, 0.6) is 0 Å². The average Bonchev–Trinajstić information content (AvgIpc) is 2.63. The van der Waals surface area contributed by atoms with Gasteiger partial charge in [-0.1, -0.05) is 0 Å². The van der Waals surface area contributed by atoms with Gasteiger partial charge in [0.1, 0.15) is 6.54 Å². The smallest absolute Gasteiger partial charge is 0.327 e. The van der Waals surface area contributed by atoms with Crippen LogP contribution in [0.15, 0.2) is 0 Å². The van der Waals surface area contributed by atoms with Gasteiger partial charge in [-0.2, -0.15) is 0 Å². The third kappa shape index (κ3) is 1.29. The van der Waals surface area contributed by atoms with Gasteiger partial charge in [0.15, 0.2) is 0 Å². The minimum Gasteiger partial charge on any atom is -0.379 e. The Kier molecular flexibility index (Phi) is 1.95. The zero-order valence-electron chi connectivity index (χ0n) is 7.52. The van der Waals surface area contributed by atoms with Crippen molar-refractivity contribution in [3.8, 4) is 0 Å². The maximum absolute atomic E-state index is 11.5. The van der Waals surface area contributed by atoms with E-state index in [1.807, 2.05) is 0 Å². The van der Waals surface area contributed by atoms with Crippen LogP contribution in [0.3, 0.4) is 0 Å². The summed E-state index contributed by atoms with van der Waals surface area (Å²) in [4.78, 5) is 25.6. The molecule has 2 aliphatic rings. The predicted molar refractivity (Wildman–Crippen MR) is 44.1 cm³/mol. The number of ether oxygens (including phenoxy) is 1. The van der Waals surface area contributed by atoms with Crippen molar-refractivity contribution in [3.05, 3.63) is 0 Å². The molecule has 1 atom stereocenters. The van der Waals surface area contributed by atoms with Crippen LogP contribution >= 0.6 is 0 Å². The molecule has 2 rings (SSSR count). The Morgan fingerprint density at radius 2 is 2.23 bits per heavy atom. The van der Waals surface area contributed by atoms with E-state index in [1.165, 1.54) is 9.80 Å². The van der Waals surface area contributed by atoms with Crippen molar-refractivity contribution >= 4 is 11.9 Å². The first-order valence-electron chi connectivity index (χ1n) is 4.35. The Hall–Kier alpha value is -1.10. The molecule has 0 N–H and O–H groups in total. The summed E-state index contributed by atoms with van der Waals surface area (Å²) in [7, 11) is 1.63. The van der Waals surface area contributed by atoms with Crippen molar-refractivity contribution < 1.29 is 14.3 Å². The van der Waals surface area contributed by atoms with Gasteiger partial charge in [0.25, 0.3) is 5.91 Å². The Bertz CT molecular complexity index is 248. The van der Waals surface area contributed by atoms with Gasteiger partial charge < -0.3 is 9.64 Å². The number of urea groups is 1. The summed E-state index contributed by atoms with van der Waals surface area (Å²) >= 11 is 0. The molecule has 5 nitrogen and oxygen atoms in total. The van der Waals surface area contributed by atoms with Gasteiger partial charge in [0, 0.05) is 13.7 Å². The SMILES string of the molecule is CN1CC(=O)N(C2CCOC2)C1=O. The van der Waals surface area contributed by atoms with E-state index in [-0.39, 0.29) is 24.5 Å². The first kappa shape index (κ1) is 8.50. The number of hydrogen-bond donors (Lipinski definition) is 0. The molecular weight excluding hydrogens is 172 g/mol. The molecule has 2 fully saturated rings. The van der Waals surface area contributed by atoms with E-state index in [0.29, 0.717) is 13.2 Å². The zero-order valence-corrected chi connectivity index (χ0v) is 7.52. The van der Waals surface area contributed by atoms with E-state index in [9.17, 15) is 9.59 Å². The summed E-state index contributed by atoms with van der Waals surface area (Å²) in [5.41, 5.74) is 0. The Balaban J connectivity index is 2.13. The molecule has 0 aromatic heterocycles. The average molecular weight is 184 g/mol. The number of imide groups is 1. The van der Waals surface area contributed by atoms with Gasteiger partial charge in [0.05, 0.1) is 12.6 Å². The van der Waals surface area contributed by atoms with Crippen LogP contribution in [-0.4, -0.2) is 54.6 Å². The van der Waals surface area contributed by atoms with E-state index in [1.54, 1.807) is 7.05 Å². The Labute approximate surface area is 76.2 Å². The number of carbonyl (C=O) groups is 2. The standard InChI is InChI=1S/C8H12N2O3/c1-9-4-7(11)10(8(9)12)6-2-3-13-5-6/h6H,2-5H2,1H3. The van der Waals surface area contributed by atoms with Crippen LogP contribution < -0.4 is 0 Å². The van der Waals surface area contributed by atoms with E-state index in [4.69, 9.17) is 4.74 Å². The fraction of sp³-hybridized carbons (Fsp3) is 0.750. The van der Waals surface area contributed by atoms with Crippen molar-refractivity contribution in [2.75, 3.05) is 26.8 Å². The molecule has 5 heteroatoms. The summed E-state index contributed by atoms with van der Waals surface area (Å²) in [5.74, 6) is -0.108. The lowest BCUT2D eigenvalue weighted by atomic mass is 10.2. The van der Waals surface area contributed by atoms with Crippen LogP contribution in [0.4, 0.5) is 4.79 Å². The summed E-state index contributed by atoms with van der Waals surface area (Å²) in [5, 5.41) is 0. The minimum absolute atomic E-state index is 0.0371. The third-order valence-electron chi connectivity index (χ3n) is 2.44. The van der Waals surface area contributed by atoms with Crippen LogP contribution in [0.1, 0.15) is 6.42 Å². The number of rotatable bonds is 1. The number of amides is 3. The van der Waals surface area contributed by atoms with E-state index >= 15 is 0 Å². The van der Waals surface area contributed by atoms with Crippen LogP contribution in [-0.2, 0) is 9.53 Å². The minimum atomic E-state index is -0.194. The van der Waals surface area contributed by atoms with Crippen molar-refractivity contribution in [1.82, 2.24) is 9.80 Å². The molecule has 13 heavy (non-hydrogen) atoms. The van der Waals surface area contributed by atoms with Crippen molar-refractivity contribution in [2.24, 2.45) is 0 Å². The van der Waals surface area contributed by atoms with E-state index in [0.717, 1.165) is 6.42 Å². The molecule has 0 bridgehead atoms. The molecule has 0 radical (unpaired) electrons. The molecule has 0 aliphatic carbocycles. The van der Waals surface area contributed by atoms with E-state index in [2.05, 4.69) is 0 Å². The predicted octanol–water partition coefficient (Wildman–Crippen LogP) is -0.331. The number of likely N-dealkylation sites (N-methyl/N-ethyl adjacent to an activating group) is 1. The second-order valence-electron chi connectivity index (χ2n) is 3.42. The van der Waals surface area contributed by atoms with Gasteiger partial charge >= 0.3 is 6.03 Å². The quantitative estimate of drug-likeness (QED) is 0.524. The van der Waals surface area contributed by atoms with Crippen molar-refractivity contribution in [1.29, 1.82) is 0 Å². The molecule has 2 saturated heterocycles. The molecule has 2 heterocycles. The van der Waals surface area contributed by atoms with Gasteiger partial charge in [-0.05, 0) is 6.42 Å². The maximum Gasteiger partial charge on any atom is 0.327 e. The number of hydrogen-bond acceptors (Lipinski definition) is 3. The molecule has 2 aliphatic heterocycles. The molecule has 1 unspecified atom stereocenters. The fourth-order valence-corrected chi connectivity index (χ4v) is 1.72. The van der Waals surface area contributed by atoms with Gasteiger partial charge in [-0.15, -0.1) is 0 Å². The molecule has 72 valence electrons. The highest BCUT2D eigenvalue weighted by atomic mass is 16.5. The monoisotopic (exact) mass is 184 g/mol. The highest BCUT2D eigenvalue weighted by Gasteiger charge is 2.39. The summed E-state index contributed by atoms with van der Waals surface area (Å²) in [6.07, 6.45) is 0.769. The Morgan fingerprint density at radius 1 is 1.46 bits per heavy atom. The zero-order chi connectivity index (χ0) is 9.42. The number of carbonyl (C=O) groups excluding carboxylic acids is 2. The molecule has 0 spiro atoms. The van der Waals surface area contributed by atoms with E-state index < -0.39 is 0 Å². The van der Waals surface area contributed by atoms with Gasteiger partial charge in [0.2, 0.25) is 0 Å². The lowest BCUT2D eigenvalue weighted by molar-refractivity contribution is -0.126. The molecule has 0 aromatic carbocycles. The highest BCUT2D eigenvalue weighted by molar-refractivity contribution is 6.02. The fourth-order valence-electron chi connectivity index (χ4n) is 1.72. The summed E-state index contributed by atoms with van der Waals surface area (Å²) in [6.45, 7) is 1.34. The topological polar surface area (TPSA) is 49.9 Å². The third-order valence-corrected chi connectivity index (χ3v) is 2.44. The second kappa shape index (κ2) is 2.99. The van der Waals surface area contributed by atoms with Crippen LogP contribution in [0.25, 0.3) is 0 Å². The van der Waals surface area contributed by atoms with Gasteiger partial charge in [-0.3, -0.25) is 9.69 Å². The van der Waals surface area contributed by atoms with Crippen molar-refractivity contribution in [2.45, 2.75) is 12.5 Å². The molecule has 0 saturated carbocycles. The molecule has 3 amide bonds. The second-order valence-corrected chi connectivity index (χ2v) is 3.42. The lowest BCUT2D eigenvalue weighted by Gasteiger charge is -2.19. The maximum atomic E-state index is 11.5.